The maximum absolute atomic E-state index is 13.2. The third kappa shape index (κ3) is 4.72. The number of fused-ring (bicyclic) bond motifs is 1. The monoisotopic (exact) mass is 519 g/mol. The Morgan fingerprint density at radius 1 is 1.03 bits per heavy atom. The van der Waals surface area contributed by atoms with Crippen LogP contribution >= 0.6 is 0 Å². The van der Waals surface area contributed by atoms with Gasteiger partial charge in [-0.05, 0) is 86.1 Å². The van der Waals surface area contributed by atoms with Gasteiger partial charge in [-0.15, -0.1) is 0 Å². The van der Waals surface area contributed by atoms with Crippen molar-refractivity contribution in [2.24, 2.45) is 11.8 Å². The van der Waals surface area contributed by atoms with E-state index in [2.05, 4.69) is 12.1 Å². The minimum Gasteiger partial charge on any atom is -0.445 e. The topological polar surface area (TPSA) is 74.3 Å². The van der Waals surface area contributed by atoms with Gasteiger partial charge in [-0.3, -0.25) is 4.89 Å². The number of nitrogens with zero attached hydrogens (tertiary/aromatic N) is 1. The lowest BCUT2D eigenvalue weighted by molar-refractivity contribution is -0.177. The summed E-state index contributed by atoms with van der Waals surface area (Å²) in [4.78, 5) is 37.9. The Morgan fingerprint density at radius 3 is 2.66 bits per heavy atom. The zero-order chi connectivity index (χ0) is 26.1. The maximum Gasteiger partial charge on any atom is 0.550 e. The highest BCUT2D eigenvalue weighted by atomic mass is 17.2. The van der Waals surface area contributed by atoms with Crippen molar-refractivity contribution < 1.29 is 28.8 Å². The van der Waals surface area contributed by atoms with Crippen LogP contribution in [0.1, 0.15) is 75.0 Å². The van der Waals surface area contributed by atoms with Gasteiger partial charge in [0.05, 0.1) is 0 Å². The van der Waals surface area contributed by atoms with Crippen molar-refractivity contribution in [2.75, 3.05) is 6.54 Å². The van der Waals surface area contributed by atoms with E-state index in [4.69, 9.17) is 19.2 Å². The molecule has 7 heteroatoms. The van der Waals surface area contributed by atoms with E-state index in [1.165, 1.54) is 30.4 Å². The Morgan fingerprint density at radius 2 is 1.87 bits per heavy atom. The highest BCUT2D eigenvalue weighted by molar-refractivity contribution is 5.69. The molecule has 6 rings (SSSR count). The Kier molecular flexibility index (Phi) is 6.93. The van der Waals surface area contributed by atoms with Gasteiger partial charge in [-0.1, -0.05) is 55.7 Å². The highest BCUT2D eigenvalue weighted by Gasteiger charge is 2.55. The molecule has 2 saturated carbocycles. The number of ether oxygens (including phenoxy) is 2. The molecule has 7 nitrogen and oxygen atoms in total. The standard InChI is InChI=1S/C31H37NO6/c1-21(23-10-7-11-23)36-30(34)38-37-25-14-13-24-18-28-26-12-5-6-15-31(26,27(24)19-25)16-17-32(28)29(33)35-20-22-8-3-2-4-9-22/h2-4,8-9,13-14,19,21,23,26,28H,5-7,10-12,15-18,20H2,1H3/t21?,26-,28+,31+/m0/s1. The van der Waals surface area contributed by atoms with Gasteiger partial charge in [0, 0.05) is 18.0 Å². The van der Waals surface area contributed by atoms with Crippen LogP contribution in [0.25, 0.3) is 0 Å². The smallest absolute Gasteiger partial charge is 0.445 e. The lowest BCUT2D eigenvalue weighted by Crippen LogP contribution is -2.62. The summed E-state index contributed by atoms with van der Waals surface area (Å²) in [5.41, 5.74) is 3.52. The summed E-state index contributed by atoms with van der Waals surface area (Å²) in [6.07, 6.45) is 8.43. The summed E-state index contributed by atoms with van der Waals surface area (Å²) in [5, 5.41) is 0. The lowest BCUT2D eigenvalue weighted by Gasteiger charge is -2.58. The van der Waals surface area contributed by atoms with Gasteiger partial charge < -0.3 is 14.4 Å². The number of piperidine rings is 1. The molecule has 202 valence electrons. The zero-order valence-electron chi connectivity index (χ0n) is 22.1. The Hall–Kier alpha value is -3.22. The normalized spacial score (nSPS) is 26.7. The molecule has 3 fully saturated rings. The first-order valence-electron chi connectivity index (χ1n) is 14.2. The van der Waals surface area contributed by atoms with Gasteiger partial charge in [0.2, 0.25) is 0 Å². The molecular weight excluding hydrogens is 482 g/mol. The summed E-state index contributed by atoms with van der Waals surface area (Å²) in [5.74, 6) is 1.31. The van der Waals surface area contributed by atoms with Crippen LogP contribution in [-0.2, 0) is 32.8 Å². The highest BCUT2D eigenvalue weighted by Crippen LogP contribution is 2.56. The second-order valence-corrected chi connectivity index (χ2v) is 11.5. The van der Waals surface area contributed by atoms with E-state index >= 15 is 0 Å². The van der Waals surface area contributed by atoms with Crippen LogP contribution in [0.2, 0.25) is 0 Å². The van der Waals surface area contributed by atoms with Gasteiger partial charge in [0.1, 0.15) is 12.7 Å². The minimum absolute atomic E-state index is 0.00528. The molecule has 0 N–H and O–H groups in total. The second-order valence-electron chi connectivity index (χ2n) is 11.5. The molecule has 38 heavy (non-hydrogen) atoms. The van der Waals surface area contributed by atoms with Crippen LogP contribution in [0.3, 0.4) is 0 Å². The first kappa shape index (κ1) is 25.1. The van der Waals surface area contributed by atoms with E-state index in [-0.39, 0.29) is 30.3 Å². The van der Waals surface area contributed by atoms with Crippen LogP contribution in [0.4, 0.5) is 9.59 Å². The molecule has 1 heterocycles. The van der Waals surface area contributed by atoms with Gasteiger partial charge in [-0.25, -0.2) is 9.68 Å². The molecule has 0 spiro atoms. The molecule has 4 atom stereocenters. The van der Waals surface area contributed by atoms with E-state index in [0.29, 0.717) is 24.1 Å². The van der Waals surface area contributed by atoms with Crippen molar-refractivity contribution in [1.82, 2.24) is 4.90 Å². The molecule has 4 aliphatic rings. The Bertz CT molecular complexity index is 1160. The first-order chi connectivity index (χ1) is 18.5. The van der Waals surface area contributed by atoms with E-state index < -0.39 is 6.16 Å². The molecule has 1 amide bonds. The van der Waals surface area contributed by atoms with E-state index in [1.54, 1.807) is 0 Å². The second kappa shape index (κ2) is 10.5. The molecule has 1 saturated heterocycles. The van der Waals surface area contributed by atoms with Crippen molar-refractivity contribution in [3.63, 3.8) is 0 Å². The molecule has 1 aliphatic heterocycles. The number of hydrogen-bond donors (Lipinski definition) is 0. The number of rotatable bonds is 6. The number of carbonyl (C=O) groups is 2. The molecule has 2 bridgehead atoms. The van der Waals surface area contributed by atoms with Crippen LogP contribution in [0, 0.1) is 11.8 Å². The predicted molar refractivity (Wildman–Crippen MR) is 141 cm³/mol. The van der Waals surface area contributed by atoms with Gasteiger partial charge in [0.25, 0.3) is 0 Å². The number of amides is 1. The van der Waals surface area contributed by atoms with Crippen molar-refractivity contribution >= 4 is 12.2 Å². The van der Waals surface area contributed by atoms with Gasteiger partial charge in [-0.2, -0.15) is 4.79 Å². The first-order valence-corrected chi connectivity index (χ1v) is 14.2. The Labute approximate surface area is 224 Å². The van der Waals surface area contributed by atoms with Crippen LogP contribution < -0.4 is 4.89 Å². The Balaban J connectivity index is 1.15. The van der Waals surface area contributed by atoms with Crippen LogP contribution in [0.5, 0.6) is 5.75 Å². The van der Waals surface area contributed by atoms with Crippen molar-refractivity contribution in [1.29, 1.82) is 0 Å². The number of likely N-dealkylation sites (tertiary alicyclic amines) is 1. The minimum atomic E-state index is -0.793. The summed E-state index contributed by atoms with van der Waals surface area (Å²) in [6, 6.07) is 15.9. The number of carbonyl (C=O) groups excluding carboxylic acids is 2. The fourth-order valence-corrected chi connectivity index (χ4v) is 7.32. The molecule has 2 aromatic rings. The zero-order valence-corrected chi connectivity index (χ0v) is 22.1. The number of hydrogen-bond acceptors (Lipinski definition) is 6. The molecular formula is C31H37NO6. The summed E-state index contributed by atoms with van der Waals surface area (Å²) >= 11 is 0. The summed E-state index contributed by atoms with van der Waals surface area (Å²) in [6.45, 7) is 2.88. The average molecular weight is 520 g/mol. The van der Waals surface area contributed by atoms with Gasteiger partial charge in [0.15, 0.2) is 5.75 Å². The quantitative estimate of drug-likeness (QED) is 0.240. The van der Waals surface area contributed by atoms with E-state index in [9.17, 15) is 9.59 Å². The van der Waals surface area contributed by atoms with Crippen LogP contribution in [0.15, 0.2) is 48.5 Å². The fraction of sp³-hybridized carbons (Fsp3) is 0.548. The SMILES string of the molecule is CC(OC(=O)OOc1ccc2c(c1)[C@@]13CCCC[C@H]1[C@@H](C2)N(C(=O)OCc1ccccc1)CC3)C1CCC1. The van der Waals surface area contributed by atoms with Crippen molar-refractivity contribution in [2.45, 2.75) is 88.9 Å². The van der Waals surface area contributed by atoms with Crippen molar-refractivity contribution in [3.05, 3.63) is 65.2 Å². The predicted octanol–water partition coefficient (Wildman–Crippen LogP) is 6.72. The molecule has 0 aromatic heterocycles. The largest absolute Gasteiger partial charge is 0.550 e. The summed E-state index contributed by atoms with van der Waals surface area (Å²) < 4.78 is 11.1. The summed E-state index contributed by atoms with van der Waals surface area (Å²) in [7, 11) is 0. The van der Waals surface area contributed by atoms with E-state index in [1.807, 2.05) is 48.2 Å². The number of benzene rings is 2. The van der Waals surface area contributed by atoms with Crippen molar-refractivity contribution in [3.8, 4) is 5.75 Å². The molecule has 2 aromatic carbocycles. The van der Waals surface area contributed by atoms with E-state index in [0.717, 1.165) is 44.1 Å². The third-order valence-corrected chi connectivity index (χ3v) is 9.55. The fourth-order valence-electron chi connectivity index (χ4n) is 7.32. The maximum atomic E-state index is 13.2. The van der Waals surface area contributed by atoms with Gasteiger partial charge >= 0.3 is 12.2 Å². The third-order valence-electron chi connectivity index (χ3n) is 9.55. The molecule has 3 aliphatic carbocycles. The average Bonchev–Trinajstić information content (AvgIpc) is 2.90. The molecule has 0 radical (unpaired) electrons. The molecule has 1 unspecified atom stereocenters. The lowest BCUT2D eigenvalue weighted by atomic mass is 9.52. The van der Waals surface area contributed by atoms with Crippen LogP contribution in [-0.4, -0.2) is 35.8 Å².